The van der Waals surface area contributed by atoms with Crippen molar-refractivity contribution in [3.05, 3.63) is 40.4 Å². The summed E-state index contributed by atoms with van der Waals surface area (Å²) in [4.78, 5) is 10.9. The highest BCUT2D eigenvalue weighted by Gasteiger charge is 2.11. The summed E-state index contributed by atoms with van der Waals surface area (Å²) in [7, 11) is 1.70. The molecular weight excluding hydrogens is 430 g/mol. The quantitative estimate of drug-likeness (QED) is 0.297. The van der Waals surface area contributed by atoms with Gasteiger partial charge in [-0.2, -0.15) is 0 Å². The Morgan fingerprint density at radius 1 is 1.69 bits per heavy atom. The van der Waals surface area contributed by atoms with Crippen molar-refractivity contribution in [1.82, 2.24) is 10.3 Å². The first kappa shape index (κ1) is 15.5. The van der Waals surface area contributed by atoms with E-state index in [0.29, 0.717) is 0 Å². The number of nitrogens with zero attached hydrogens (tertiary/aromatic N) is 2. The summed E-state index contributed by atoms with van der Waals surface area (Å²) < 4.78 is 1.10. The summed E-state index contributed by atoms with van der Waals surface area (Å²) in [5.74, 6) is 0.813. The summed E-state index contributed by atoms with van der Waals surface area (Å²) in [6.45, 7) is 3.62. The van der Waals surface area contributed by atoms with Gasteiger partial charge in [-0.25, -0.2) is 10.3 Å². The molecule has 1 heterocycles. The summed E-state index contributed by atoms with van der Waals surface area (Å²) in [6, 6.07) is 1.94. The van der Waals surface area contributed by atoms with Gasteiger partial charge in [-0.1, -0.05) is 6.58 Å². The first-order valence-electron chi connectivity index (χ1n) is 4.31. The molecule has 0 amide bonds. The molecule has 1 aromatic rings. The highest BCUT2D eigenvalue weighted by Crippen LogP contribution is 2.07. The Morgan fingerprint density at radius 2 is 2.44 bits per heavy atom. The van der Waals surface area contributed by atoms with E-state index in [4.69, 9.17) is 0 Å². The number of pyridine rings is 1. The van der Waals surface area contributed by atoms with E-state index >= 15 is 0 Å². The molecule has 0 atom stereocenters. The van der Waals surface area contributed by atoms with Crippen molar-refractivity contribution in [1.29, 1.82) is 0 Å². The van der Waals surface area contributed by atoms with E-state index in [1.807, 2.05) is 6.07 Å². The minimum absolute atomic E-state index is 0. The van der Waals surface area contributed by atoms with Crippen LogP contribution >= 0.6 is 22.6 Å². The average Bonchev–Trinajstić information content (AvgIpc) is 2.25. The fourth-order valence-corrected chi connectivity index (χ4v) is 1.56. The van der Waals surface area contributed by atoms with Gasteiger partial charge in [0.2, 0.25) is 0 Å². The predicted octanol–water partition coefficient (Wildman–Crippen LogP) is -3.09. The molecule has 0 radical (unpaired) electrons. The molecule has 0 unspecified atom stereocenters. The van der Waals surface area contributed by atoms with Crippen LogP contribution in [0.1, 0.15) is 5.56 Å². The molecule has 1 aromatic heterocycles. The van der Waals surface area contributed by atoms with Crippen LogP contribution in [0.2, 0.25) is 0 Å². The fourth-order valence-electron chi connectivity index (χ4n) is 0.990. The lowest BCUT2D eigenvalue weighted by atomic mass is 10.2. The largest absolute Gasteiger partial charge is 1.00 e. The number of halogens is 2. The summed E-state index contributed by atoms with van der Waals surface area (Å²) in [5.41, 5.74) is 0.984. The standard InChI is InChI=1S/C10H11IN4.HI/c1-3-14-10(15-7-12-2)8-6-13-5-4-9(8)11;/h3-7H,1H2,2H3,(H,12,14,15);1H. The van der Waals surface area contributed by atoms with Crippen molar-refractivity contribution in [2.75, 3.05) is 7.05 Å². The van der Waals surface area contributed by atoms with Crippen molar-refractivity contribution in [3.63, 3.8) is 0 Å². The van der Waals surface area contributed by atoms with Gasteiger partial charge in [-0.3, -0.25) is 9.98 Å². The third-order valence-corrected chi connectivity index (χ3v) is 2.56. The molecule has 0 saturated carbocycles. The molecule has 0 aliphatic rings. The Kier molecular flexibility index (Phi) is 8.35. The third kappa shape index (κ3) is 4.56. The Hall–Kier alpha value is -0.510. The lowest BCUT2D eigenvalue weighted by molar-refractivity contribution is -0.373. The molecule has 1 rings (SSSR count). The van der Waals surface area contributed by atoms with E-state index in [0.717, 1.165) is 15.0 Å². The molecule has 0 aliphatic carbocycles. The van der Waals surface area contributed by atoms with Gasteiger partial charge < -0.3 is 24.0 Å². The maximum Gasteiger partial charge on any atom is 0.288 e. The highest BCUT2D eigenvalue weighted by molar-refractivity contribution is 14.1. The molecular formula is C10H12I2N4. The van der Waals surface area contributed by atoms with Crippen molar-refractivity contribution in [2.24, 2.45) is 4.99 Å². The van der Waals surface area contributed by atoms with Crippen molar-refractivity contribution >= 4 is 34.8 Å². The molecule has 2 N–H and O–H groups in total. The number of aromatic nitrogens is 1. The van der Waals surface area contributed by atoms with Crippen molar-refractivity contribution in [2.45, 2.75) is 0 Å². The van der Waals surface area contributed by atoms with Crippen LogP contribution < -0.4 is 34.3 Å². The number of hydrogen-bond donors (Lipinski definition) is 2. The lowest BCUT2D eigenvalue weighted by Gasteiger charge is -2.00. The summed E-state index contributed by atoms with van der Waals surface area (Å²) in [5, 5.41) is 3.03. The second-order valence-corrected chi connectivity index (χ2v) is 3.77. The molecule has 6 heteroatoms. The summed E-state index contributed by atoms with van der Waals surface area (Å²) in [6.07, 6.45) is 6.75. The van der Waals surface area contributed by atoms with Gasteiger partial charge in [0.25, 0.3) is 5.84 Å². The van der Waals surface area contributed by atoms with Crippen LogP contribution in [0.5, 0.6) is 0 Å². The summed E-state index contributed by atoms with van der Waals surface area (Å²) >= 11 is 2.25. The predicted molar refractivity (Wildman–Crippen MR) is 69.8 cm³/mol. The minimum Gasteiger partial charge on any atom is -1.00 e. The van der Waals surface area contributed by atoms with E-state index in [-0.39, 0.29) is 24.0 Å². The zero-order valence-corrected chi connectivity index (χ0v) is 13.1. The van der Waals surface area contributed by atoms with Crippen LogP contribution in [0.25, 0.3) is 0 Å². The maximum atomic E-state index is 4.07. The Balaban J connectivity index is 0.00000225. The topological polar surface area (TPSA) is 51.2 Å². The van der Waals surface area contributed by atoms with E-state index in [1.54, 1.807) is 32.0 Å². The Morgan fingerprint density at radius 3 is 3.00 bits per heavy atom. The Bertz CT molecular complexity index is 402. The first-order chi connectivity index (χ1) is 7.29. The van der Waals surface area contributed by atoms with Gasteiger partial charge >= 0.3 is 0 Å². The van der Waals surface area contributed by atoms with E-state index in [1.165, 1.54) is 0 Å². The van der Waals surface area contributed by atoms with Gasteiger partial charge in [-0.15, -0.1) is 0 Å². The third-order valence-electron chi connectivity index (χ3n) is 1.62. The molecule has 86 valence electrons. The van der Waals surface area contributed by atoms with E-state index < -0.39 is 0 Å². The zero-order chi connectivity index (χ0) is 11.1. The maximum absolute atomic E-state index is 4.07. The molecule has 16 heavy (non-hydrogen) atoms. The van der Waals surface area contributed by atoms with Gasteiger partial charge in [0.1, 0.15) is 0 Å². The van der Waals surface area contributed by atoms with Crippen LogP contribution in [0, 0.1) is 3.57 Å². The molecule has 0 bridgehead atoms. The minimum atomic E-state index is 0. The fraction of sp³-hybridized carbons (Fsp3) is 0.100. The zero-order valence-electron chi connectivity index (χ0n) is 8.74. The smallest absolute Gasteiger partial charge is 0.288 e. The second-order valence-electron chi connectivity index (χ2n) is 2.61. The van der Waals surface area contributed by atoms with Gasteiger partial charge in [0, 0.05) is 23.0 Å². The van der Waals surface area contributed by atoms with Crippen LogP contribution in [0.4, 0.5) is 0 Å². The van der Waals surface area contributed by atoms with Crippen LogP contribution in [-0.2, 0) is 0 Å². The van der Waals surface area contributed by atoms with Gasteiger partial charge in [0.15, 0.2) is 6.34 Å². The molecule has 0 spiro atoms. The van der Waals surface area contributed by atoms with Crippen LogP contribution in [0.3, 0.4) is 0 Å². The van der Waals surface area contributed by atoms with Crippen LogP contribution in [0.15, 0.2) is 36.2 Å². The van der Waals surface area contributed by atoms with Crippen molar-refractivity contribution < 1.29 is 29.0 Å². The average molecular weight is 442 g/mol. The van der Waals surface area contributed by atoms with Gasteiger partial charge in [-0.05, 0) is 28.7 Å². The molecule has 0 aromatic carbocycles. The van der Waals surface area contributed by atoms with Gasteiger partial charge in [0.05, 0.1) is 11.8 Å². The normalized spacial score (nSPS) is 11.0. The van der Waals surface area contributed by atoms with E-state index in [2.05, 4.69) is 49.5 Å². The lowest BCUT2D eigenvalue weighted by Crippen LogP contribution is -3.00. The monoisotopic (exact) mass is 442 g/mol. The molecule has 4 nitrogen and oxygen atoms in total. The molecule has 0 fully saturated rings. The molecule has 0 aliphatic heterocycles. The first-order valence-corrected chi connectivity index (χ1v) is 5.39. The molecule has 0 saturated heterocycles. The number of hydrogen-bond acceptors (Lipinski definition) is 2. The van der Waals surface area contributed by atoms with Crippen LogP contribution in [-0.4, -0.2) is 24.2 Å². The number of aliphatic imine (C=N–C) groups is 1. The van der Waals surface area contributed by atoms with Crippen molar-refractivity contribution in [3.8, 4) is 0 Å². The number of amidine groups is 1. The van der Waals surface area contributed by atoms with E-state index in [9.17, 15) is 0 Å². The highest BCUT2D eigenvalue weighted by atomic mass is 127. The Labute approximate surface area is 126 Å². The SMILES string of the molecule is C=C[NH+]=C(NC=NC)c1cnccc1I.[I-]. The number of nitrogens with one attached hydrogen (secondary N) is 2. The second kappa shape index (κ2) is 8.62. The number of rotatable bonds is 3.